The van der Waals surface area contributed by atoms with Crippen LogP contribution in [-0.2, 0) is 14.4 Å². The number of thioether (sulfide) groups is 1. The van der Waals surface area contributed by atoms with Crippen LogP contribution in [0, 0.1) is 23.2 Å². The molecule has 0 spiro atoms. The van der Waals surface area contributed by atoms with Gasteiger partial charge in [-0.3, -0.25) is 14.4 Å². The van der Waals surface area contributed by atoms with Gasteiger partial charge in [0.1, 0.15) is 12.5 Å². The topological polar surface area (TPSA) is 114 Å². The molecule has 1 aromatic rings. The molecule has 1 heterocycles. The first-order chi connectivity index (χ1) is 16.4. The lowest BCUT2D eigenvalue weighted by atomic mass is 10.1. The van der Waals surface area contributed by atoms with Gasteiger partial charge in [-0.2, -0.15) is 18.4 Å². The highest BCUT2D eigenvalue weighted by molar-refractivity contribution is 8.01. The lowest BCUT2D eigenvalue weighted by Gasteiger charge is -2.23. The first-order valence-corrected chi connectivity index (χ1v) is 12.2. The van der Waals surface area contributed by atoms with Crippen LogP contribution in [0.3, 0.4) is 0 Å². The van der Waals surface area contributed by atoms with Crippen molar-refractivity contribution in [1.29, 1.82) is 5.26 Å². The molecule has 1 aliphatic rings. The fourth-order valence-electron chi connectivity index (χ4n) is 3.45. The van der Waals surface area contributed by atoms with Gasteiger partial charge in [0.2, 0.25) is 17.7 Å². The maximum absolute atomic E-state index is 12.8. The van der Waals surface area contributed by atoms with E-state index in [0.29, 0.717) is 25.2 Å². The molecule has 0 aromatic heterocycles. The molecule has 0 saturated carbocycles. The van der Waals surface area contributed by atoms with Crippen molar-refractivity contribution in [2.75, 3.05) is 30.3 Å². The second-order valence-electron chi connectivity index (χ2n) is 8.39. The van der Waals surface area contributed by atoms with Crippen LogP contribution in [0.15, 0.2) is 24.3 Å². The number of halogens is 3. The molecule has 12 heteroatoms. The number of hydrogen-bond acceptors (Lipinski definition) is 6. The van der Waals surface area contributed by atoms with Gasteiger partial charge in [-0.05, 0) is 31.5 Å². The average Bonchev–Trinajstić information content (AvgIpc) is 3.09. The summed E-state index contributed by atoms with van der Waals surface area (Å²) >= 11 is 1.31. The van der Waals surface area contributed by atoms with Crippen molar-refractivity contribution in [3.8, 4) is 6.07 Å². The summed E-state index contributed by atoms with van der Waals surface area (Å²) in [5.41, 5.74) is 1.43. The fourth-order valence-corrected chi connectivity index (χ4v) is 5.04. The Morgan fingerprint density at radius 3 is 2.51 bits per heavy atom. The van der Waals surface area contributed by atoms with Crippen molar-refractivity contribution < 1.29 is 27.6 Å². The SMILES string of the molecule is CCN1C(=O)C(CCNc2cccc(NC(=O)C(C)C)c2)SC1CC(C#N)C(=O)NCC(F)(F)F. The molecule has 2 rings (SSSR count). The summed E-state index contributed by atoms with van der Waals surface area (Å²) in [4.78, 5) is 38.3. The van der Waals surface area contributed by atoms with Gasteiger partial charge in [-0.25, -0.2) is 0 Å². The van der Waals surface area contributed by atoms with E-state index in [-0.39, 0.29) is 24.2 Å². The average molecular weight is 514 g/mol. The minimum Gasteiger partial charge on any atom is -0.385 e. The third kappa shape index (κ3) is 8.65. The number of carbonyl (C=O) groups excluding carboxylic acids is 3. The van der Waals surface area contributed by atoms with Crippen LogP contribution in [0.1, 0.15) is 33.6 Å². The maximum Gasteiger partial charge on any atom is 0.405 e. The van der Waals surface area contributed by atoms with Gasteiger partial charge in [0.05, 0.1) is 16.7 Å². The zero-order chi connectivity index (χ0) is 26.2. The third-order valence-corrected chi connectivity index (χ3v) is 6.86. The van der Waals surface area contributed by atoms with E-state index in [0.717, 1.165) is 5.69 Å². The minimum atomic E-state index is -4.57. The summed E-state index contributed by atoms with van der Waals surface area (Å²) in [6.07, 6.45) is -4.15. The highest BCUT2D eigenvalue weighted by atomic mass is 32.2. The van der Waals surface area contributed by atoms with Crippen molar-refractivity contribution in [2.24, 2.45) is 11.8 Å². The highest BCUT2D eigenvalue weighted by Crippen LogP contribution is 2.37. The van der Waals surface area contributed by atoms with E-state index >= 15 is 0 Å². The smallest absolute Gasteiger partial charge is 0.385 e. The molecular formula is C23H30F3N5O3S. The Labute approximate surface area is 207 Å². The number of nitrogens with zero attached hydrogens (tertiary/aromatic N) is 2. The Morgan fingerprint density at radius 1 is 1.23 bits per heavy atom. The van der Waals surface area contributed by atoms with Crippen LogP contribution in [0.2, 0.25) is 0 Å². The van der Waals surface area contributed by atoms with Crippen LogP contribution in [-0.4, -0.2) is 59.1 Å². The number of amides is 3. The number of hydrogen-bond donors (Lipinski definition) is 3. The minimum absolute atomic E-state index is 0.0496. The van der Waals surface area contributed by atoms with Gasteiger partial charge >= 0.3 is 6.18 Å². The molecule has 1 aliphatic heterocycles. The Balaban J connectivity index is 1.92. The van der Waals surface area contributed by atoms with E-state index in [9.17, 15) is 32.8 Å². The largest absolute Gasteiger partial charge is 0.405 e. The van der Waals surface area contributed by atoms with Crippen molar-refractivity contribution >= 4 is 40.9 Å². The highest BCUT2D eigenvalue weighted by Gasteiger charge is 2.41. The first-order valence-electron chi connectivity index (χ1n) is 11.3. The summed E-state index contributed by atoms with van der Waals surface area (Å²) < 4.78 is 37.1. The summed E-state index contributed by atoms with van der Waals surface area (Å²) in [5, 5.41) is 16.2. The fraction of sp³-hybridized carbons (Fsp3) is 0.565. The Kier molecular flexibility index (Phi) is 10.2. The van der Waals surface area contributed by atoms with Gasteiger partial charge in [0.25, 0.3) is 0 Å². The second-order valence-corrected chi connectivity index (χ2v) is 9.78. The predicted molar refractivity (Wildman–Crippen MR) is 128 cm³/mol. The summed E-state index contributed by atoms with van der Waals surface area (Å²) in [7, 11) is 0. The first kappa shape index (κ1) is 28.3. The summed E-state index contributed by atoms with van der Waals surface area (Å²) in [5.74, 6) is -2.66. The molecule has 3 amide bonds. The lowest BCUT2D eigenvalue weighted by molar-refractivity contribution is -0.140. The van der Waals surface area contributed by atoms with Gasteiger partial charge in [-0.15, -0.1) is 11.8 Å². The number of rotatable bonds is 11. The molecule has 35 heavy (non-hydrogen) atoms. The van der Waals surface area contributed by atoms with Crippen molar-refractivity contribution in [2.45, 2.75) is 50.4 Å². The number of benzene rings is 1. The normalized spacial score (nSPS) is 18.8. The molecule has 1 saturated heterocycles. The van der Waals surface area contributed by atoms with Crippen molar-refractivity contribution in [3.63, 3.8) is 0 Å². The van der Waals surface area contributed by atoms with Gasteiger partial charge in [0, 0.05) is 36.8 Å². The quantitative estimate of drug-likeness (QED) is 0.417. The van der Waals surface area contributed by atoms with E-state index in [4.69, 9.17) is 0 Å². The van der Waals surface area contributed by atoms with E-state index < -0.39 is 35.2 Å². The van der Waals surface area contributed by atoms with E-state index in [1.165, 1.54) is 11.8 Å². The van der Waals surface area contributed by atoms with Crippen LogP contribution < -0.4 is 16.0 Å². The van der Waals surface area contributed by atoms with E-state index in [1.54, 1.807) is 55.3 Å². The van der Waals surface area contributed by atoms with E-state index in [2.05, 4.69) is 10.6 Å². The molecule has 0 aliphatic carbocycles. The molecule has 0 bridgehead atoms. The molecule has 3 unspecified atom stereocenters. The molecule has 3 N–H and O–H groups in total. The second kappa shape index (κ2) is 12.7. The number of alkyl halides is 3. The van der Waals surface area contributed by atoms with Crippen LogP contribution in [0.4, 0.5) is 24.5 Å². The Hall–Kier alpha value is -2.94. The zero-order valence-electron chi connectivity index (χ0n) is 19.8. The predicted octanol–water partition coefficient (Wildman–Crippen LogP) is 3.58. The number of nitrogens with one attached hydrogen (secondary N) is 3. The molecule has 3 atom stereocenters. The van der Waals surface area contributed by atoms with Crippen LogP contribution in [0.5, 0.6) is 0 Å². The monoisotopic (exact) mass is 513 g/mol. The maximum atomic E-state index is 12.8. The van der Waals surface area contributed by atoms with Crippen LogP contribution in [0.25, 0.3) is 0 Å². The van der Waals surface area contributed by atoms with Crippen molar-refractivity contribution in [1.82, 2.24) is 10.2 Å². The van der Waals surface area contributed by atoms with Gasteiger partial charge in [-0.1, -0.05) is 19.9 Å². The molecule has 8 nitrogen and oxygen atoms in total. The molecule has 0 radical (unpaired) electrons. The van der Waals surface area contributed by atoms with Crippen LogP contribution >= 0.6 is 11.8 Å². The molecule has 192 valence electrons. The summed E-state index contributed by atoms with van der Waals surface area (Å²) in [6.45, 7) is 4.69. The lowest BCUT2D eigenvalue weighted by Crippen LogP contribution is -2.40. The Bertz CT molecular complexity index is 951. The molecule has 1 fully saturated rings. The van der Waals surface area contributed by atoms with Crippen molar-refractivity contribution in [3.05, 3.63) is 24.3 Å². The van der Waals surface area contributed by atoms with E-state index in [1.807, 2.05) is 6.07 Å². The number of carbonyl (C=O) groups is 3. The van der Waals surface area contributed by atoms with Gasteiger partial charge in [0.15, 0.2) is 0 Å². The Morgan fingerprint density at radius 2 is 1.91 bits per heavy atom. The number of nitriles is 1. The molecular weight excluding hydrogens is 483 g/mol. The molecule has 1 aromatic carbocycles. The van der Waals surface area contributed by atoms with Gasteiger partial charge < -0.3 is 20.9 Å². The summed E-state index contributed by atoms with van der Waals surface area (Å²) in [6, 6.07) is 8.97. The standard InChI is InChI=1S/C23H30F3N5O3S/c1-4-31-19(10-15(12-27)21(33)29-13-23(24,25)26)35-18(22(31)34)8-9-28-16-6-5-7-17(11-16)30-20(32)14(2)3/h5-7,11,14-15,18-19,28H,4,8-10,13H2,1-3H3,(H,29,33)(H,30,32). The zero-order valence-corrected chi connectivity index (χ0v) is 20.6. The number of anilines is 2. The third-order valence-electron chi connectivity index (χ3n) is 5.33.